The molecule has 1 amide bonds. The molecular weight excluding hydrogens is 248 g/mol. The van der Waals surface area contributed by atoms with Gasteiger partial charge in [0.2, 0.25) is 0 Å². The lowest BCUT2D eigenvalue weighted by Gasteiger charge is -2.15. The van der Waals surface area contributed by atoms with Gasteiger partial charge in [-0.3, -0.25) is 4.79 Å². The topological polar surface area (TPSA) is 73.1 Å². The van der Waals surface area contributed by atoms with E-state index in [0.29, 0.717) is 17.7 Å². The number of carbonyl (C=O) groups is 1. The molecule has 0 unspecified atom stereocenters. The molecule has 0 saturated carbocycles. The van der Waals surface area contributed by atoms with E-state index in [2.05, 4.69) is 5.32 Å². The molecule has 18 heavy (non-hydrogen) atoms. The molecule has 0 aromatic heterocycles. The number of thioether (sulfide) groups is 1. The molecule has 0 aliphatic rings. The summed E-state index contributed by atoms with van der Waals surface area (Å²) in [4.78, 5) is 12.8. The van der Waals surface area contributed by atoms with E-state index in [-0.39, 0.29) is 18.6 Å². The molecule has 0 radical (unpaired) electrons. The lowest BCUT2D eigenvalue weighted by Crippen LogP contribution is -2.37. The van der Waals surface area contributed by atoms with Gasteiger partial charge in [0.15, 0.2) is 0 Å². The fraction of sp³-hybridized carbons (Fsp3) is 0.385. The average molecular weight is 264 g/mol. The lowest BCUT2D eigenvalue weighted by molar-refractivity contribution is 0.0912. The van der Waals surface area contributed by atoms with Gasteiger partial charge in [-0.2, -0.15) is 5.26 Å². The quantitative estimate of drug-likeness (QED) is 0.768. The predicted molar refractivity (Wildman–Crippen MR) is 71.4 cm³/mol. The molecule has 0 saturated heterocycles. The van der Waals surface area contributed by atoms with Crippen molar-refractivity contribution in [1.29, 1.82) is 5.26 Å². The van der Waals surface area contributed by atoms with Crippen LogP contribution in [0.1, 0.15) is 23.7 Å². The van der Waals surface area contributed by atoms with E-state index in [1.807, 2.05) is 25.1 Å². The first-order valence-electron chi connectivity index (χ1n) is 5.73. The van der Waals surface area contributed by atoms with Gasteiger partial charge in [0.05, 0.1) is 30.0 Å². The fourth-order valence-corrected chi connectivity index (χ4v) is 2.14. The Bertz CT molecular complexity index is 439. The Morgan fingerprint density at radius 1 is 1.56 bits per heavy atom. The van der Waals surface area contributed by atoms with Crippen molar-refractivity contribution in [3.63, 3.8) is 0 Å². The van der Waals surface area contributed by atoms with Crippen LogP contribution in [0.25, 0.3) is 0 Å². The number of benzene rings is 1. The number of nitriles is 1. The third-order valence-corrected chi connectivity index (χ3v) is 3.41. The maximum absolute atomic E-state index is 12.0. The SMILES string of the molecule is CC[C@@H](CO)NC(=O)c1ccccc1SCC#N. The normalized spacial score (nSPS) is 11.6. The van der Waals surface area contributed by atoms with Gasteiger partial charge in [-0.15, -0.1) is 11.8 Å². The van der Waals surface area contributed by atoms with Gasteiger partial charge in [-0.25, -0.2) is 0 Å². The van der Waals surface area contributed by atoms with E-state index in [1.165, 1.54) is 11.8 Å². The molecule has 1 rings (SSSR count). The van der Waals surface area contributed by atoms with E-state index in [9.17, 15) is 4.79 Å². The van der Waals surface area contributed by atoms with Crippen LogP contribution in [0.15, 0.2) is 29.2 Å². The van der Waals surface area contributed by atoms with Crippen molar-refractivity contribution in [2.24, 2.45) is 0 Å². The number of nitrogens with one attached hydrogen (secondary N) is 1. The fourth-order valence-electron chi connectivity index (χ4n) is 1.43. The van der Waals surface area contributed by atoms with Crippen molar-refractivity contribution >= 4 is 17.7 Å². The zero-order valence-corrected chi connectivity index (χ0v) is 11.0. The second-order valence-electron chi connectivity index (χ2n) is 3.70. The van der Waals surface area contributed by atoms with E-state index >= 15 is 0 Å². The Balaban J connectivity index is 2.81. The maximum atomic E-state index is 12.0. The van der Waals surface area contributed by atoms with Crippen molar-refractivity contribution in [2.75, 3.05) is 12.4 Å². The molecule has 0 spiro atoms. The highest BCUT2D eigenvalue weighted by molar-refractivity contribution is 7.99. The summed E-state index contributed by atoms with van der Waals surface area (Å²) in [6.07, 6.45) is 0.676. The molecular formula is C13H16N2O2S. The Morgan fingerprint density at radius 3 is 2.89 bits per heavy atom. The van der Waals surface area contributed by atoms with Crippen LogP contribution in [0.4, 0.5) is 0 Å². The zero-order chi connectivity index (χ0) is 13.4. The van der Waals surface area contributed by atoms with Crippen LogP contribution in [0.3, 0.4) is 0 Å². The Hall–Kier alpha value is -1.51. The van der Waals surface area contributed by atoms with Crippen molar-refractivity contribution in [3.05, 3.63) is 29.8 Å². The molecule has 4 nitrogen and oxygen atoms in total. The van der Waals surface area contributed by atoms with Gasteiger partial charge in [0.1, 0.15) is 0 Å². The maximum Gasteiger partial charge on any atom is 0.252 e. The molecule has 1 aromatic carbocycles. The van der Waals surface area contributed by atoms with Gasteiger partial charge < -0.3 is 10.4 Å². The molecule has 96 valence electrons. The van der Waals surface area contributed by atoms with Crippen LogP contribution in [-0.2, 0) is 0 Å². The Kier molecular flexibility index (Phi) is 6.26. The molecule has 0 aliphatic heterocycles. The number of hydrogen-bond acceptors (Lipinski definition) is 4. The third kappa shape index (κ3) is 4.06. The molecule has 1 aromatic rings. The predicted octanol–water partition coefficient (Wildman–Crippen LogP) is 1.80. The summed E-state index contributed by atoms with van der Waals surface area (Å²) in [6, 6.07) is 8.96. The summed E-state index contributed by atoms with van der Waals surface area (Å²) >= 11 is 1.33. The summed E-state index contributed by atoms with van der Waals surface area (Å²) in [5.74, 6) is 0.0959. The number of aliphatic hydroxyl groups is 1. The first-order valence-corrected chi connectivity index (χ1v) is 6.72. The number of carbonyl (C=O) groups excluding carboxylic acids is 1. The largest absolute Gasteiger partial charge is 0.394 e. The smallest absolute Gasteiger partial charge is 0.252 e. The summed E-state index contributed by atoms with van der Waals surface area (Å²) in [5.41, 5.74) is 0.546. The van der Waals surface area contributed by atoms with Crippen molar-refractivity contribution in [1.82, 2.24) is 5.32 Å². The van der Waals surface area contributed by atoms with Crippen LogP contribution in [0, 0.1) is 11.3 Å². The van der Waals surface area contributed by atoms with Gasteiger partial charge in [-0.1, -0.05) is 19.1 Å². The lowest BCUT2D eigenvalue weighted by atomic mass is 10.2. The van der Waals surface area contributed by atoms with Crippen LogP contribution in [-0.4, -0.2) is 29.4 Å². The monoisotopic (exact) mass is 264 g/mol. The third-order valence-electron chi connectivity index (χ3n) is 2.47. The van der Waals surface area contributed by atoms with Gasteiger partial charge >= 0.3 is 0 Å². The molecule has 0 fully saturated rings. The van der Waals surface area contributed by atoms with E-state index in [0.717, 1.165) is 4.90 Å². The Morgan fingerprint density at radius 2 is 2.28 bits per heavy atom. The van der Waals surface area contributed by atoms with Gasteiger partial charge in [-0.05, 0) is 18.6 Å². The number of nitrogens with zero attached hydrogens (tertiary/aromatic N) is 1. The minimum atomic E-state index is -0.230. The standard InChI is InChI=1S/C13H16N2O2S/c1-2-10(9-16)15-13(17)11-5-3-4-6-12(11)18-8-7-14/h3-6,10,16H,2,8-9H2,1H3,(H,15,17)/t10-/m0/s1. The van der Waals surface area contributed by atoms with Crippen LogP contribution < -0.4 is 5.32 Å². The number of hydrogen-bond donors (Lipinski definition) is 2. The highest BCUT2D eigenvalue weighted by atomic mass is 32.2. The van der Waals surface area contributed by atoms with Crippen molar-refractivity contribution in [2.45, 2.75) is 24.3 Å². The van der Waals surface area contributed by atoms with Crippen molar-refractivity contribution < 1.29 is 9.90 Å². The molecule has 1 atom stereocenters. The van der Waals surface area contributed by atoms with E-state index < -0.39 is 0 Å². The van der Waals surface area contributed by atoms with Gasteiger partial charge in [0, 0.05) is 4.90 Å². The number of rotatable bonds is 6. The van der Waals surface area contributed by atoms with Crippen LogP contribution in [0.2, 0.25) is 0 Å². The summed E-state index contributed by atoms with van der Waals surface area (Å²) < 4.78 is 0. The Labute approximate surface area is 111 Å². The molecule has 2 N–H and O–H groups in total. The molecule has 0 aliphatic carbocycles. The van der Waals surface area contributed by atoms with Gasteiger partial charge in [0.25, 0.3) is 5.91 Å². The van der Waals surface area contributed by atoms with E-state index in [1.54, 1.807) is 12.1 Å². The average Bonchev–Trinajstić information content (AvgIpc) is 2.42. The van der Waals surface area contributed by atoms with E-state index in [4.69, 9.17) is 10.4 Å². The molecule has 0 bridgehead atoms. The number of aliphatic hydroxyl groups excluding tert-OH is 1. The zero-order valence-electron chi connectivity index (χ0n) is 10.2. The number of amides is 1. The van der Waals surface area contributed by atoms with Crippen LogP contribution >= 0.6 is 11.8 Å². The first-order chi connectivity index (χ1) is 8.72. The molecule has 0 heterocycles. The first kappa shape index (κ1) is 14.6. The summed E-state index contributed by atoms with van der Waals surface area (Å²) in [5, 5.41) is 20.4. The van der Waals surface area contributed by atoms with Crippen molar-refractivity contribution in [3.8, 4) is 6.07 Å². The second-order valence-corrected chi connectivity index (χ2v) is 4.72. The molecule has 5 heteroatoms. The highest BCUT2D eigenvalue weighted by Crippen LogP contribution is 2.22. The minimum Gasteiger partial charge on any atom is -0.394 e. The second kappa shape index (κ2) is 7.75. The summed E-state index contributed by atoms with van der Waals surface area (Å²) in [7, 11) is 0. The minimum absolute atomic E-state index is 0.0737. The van der Waals surface area contributed by atoms with Crippen LogP contribution in [0.5, 0.6) is 0 Å². The summed E-state index contributed by atoms with van der Waals surface area (Å²) in [6.45, 7) is 1.83. The highest BCUT2D eigenvalue weighted by Gasteiger charge is 2.14.